The van der Waals surface area contributed by atoms with E-state index in [9.17, 15) is 18.0 Å². The fourth-order valence-corrected chi connectivity index (χ4v) is 4.42. The number of ether oxygens (including phenoxy) is 1. The number of nitrogens with zero attached hydrogens (tertiary/aromatic N) is 4. The van der Waals surface area contributed by atoms with Crippen LogP contribution in [0.5, 0.6) is 0 Å². The Morgan fingerprint density at radius 3 is 2.11 bits per heavy atom. The smallest absolute Gasteiger partial charge is 0.405 e. The van der Waals surface area contributed by atoms with E-state index in [2.05, 4.69) is 10.1 Å². The van der Waals surface area contributed by atoms with Crippen molar-refractivity contribution >= 4 is 80.5 Å². The molecule has 174 valence electrons. The molecule has 1 aromatic carbocycles. The second kappa shape index (κ2) is 8.80. The van der Waals surface area contributed by atoms with Gasteiger partial charge >= 0.3 is 6.18 Å². The van der Waals surface area contributed by atoms with E-state index >= 15 is 0 Å². The lowest BCUT2D eigenvalue weighted by molar-refractivity contribution is -0.138. The van der Waals surface area contributed by atoms with Crippen LogP contribution in [-0.2, 0) is 17.3 Å². The number of aldehydes is 1. The van der Waals surface area contributed by atoms with Gasteiger partial charge in [0.1, 0.15) is 42.9 Å². The Labute approximate surface area is 228 Å². The molecule has 0 unspecified atom stereocenters. The molecular formula is C21H13B8F3N4O2. The van der Waals surface area contributed by atoms with Crippen LogP contribution in [0.1, 0.15) is 38.4 Å². The first-order chi connectivity index (χ1) is 17.3. The van der Waals surface area contributed by atoms with E-state index in [4.69, 9.17) is 67.5 Å². The Balaban J connectivity index is 1.95. The Kier molecular flexibility index (Phi) is 6.62. The summed E-state index contributed by atoms with van der Waals surface area (Å²) in [6, 6.07) is 5.15. The van der Waals surface area contributed by atoms with Gasteiger partial charge in [-0.25, -0.2) is 9.50 Å². The van der Waals surface area contributed by atoms with Gasteiger partial charge < -0.3 is 9.64 Å². The number of fused-ring (bicyclic) bond motifs is 1. The number of halogens is 3. The fraction of sp³-hybridized carbons (Fsp3) is 0.381. The van der Waals surface area contributed by atoms with Crippen molar-refractivity contribution in [3.05, 3.63) is 57.9 Å². The van der Waals surface area contributed by atoms with E-state index in [0.717, 1.165) is 11.0 Å². The Morgan fingerprint density at radius 1 is 1.00 bits per heavy atom. The number of carbonyl (C=O) groups excluding carboxylic acids is 1. The predicted molar refractivity (Wildman–Crippen MR) is 143 cm³/mol. The lowest BCUT2D eigenvalue weighted by Crippen LogP contribution is -2.86. The van der Waals surface area contributed by atoms with E-state index in [-0.39, 0.29) is 40.4 Å². The van der Waals surface area contributed by atoms with E-state index in [0.29, 0.717) is 11.8 Å². The highest BCUT2D eigenvalue weighted by molar-refractivity contribution is 6.61. The molecule has 4 rings (SSSR count). The van der Waals surface area contributed by atoms with Crippen molar-refractivity contribution in [3.8, 4) is 0 Å². The Bertz CT molecular complexity index is 1420. The molecule has 0 N–H and O–H groups in total. The second-order valence-electron chi connectivity index (χ2n) is 9.42. The predicted octanol–water partition coefficient (Wildman–Crippen LogP) is -0.432. The number of alkyl halides is 3. The minimum absolute atomic E-state index is 0.0224. The molecule has 1 fully saturated rings. The van der Waals surface area contributed by atoms with E-state index < -0.39 is 33.2 Å². The summed E-state index contributed by atoms with van der Waals surface area (Å²) in [6.45, 7) is 2.94. The number of anilines is 1. The summed E-state index contributed by atoms with van der Waals surface area (Å²) in [5.41, 5.74) is 0.175. The van der Waals surface area contributed by atoms with Crippen LogP contribution in [0.4, 0.5) is 19.0 Å². The van der Waals surface area contributed by atoms with Crippen molar-refractivity contribution in [1.82, 2.24) is 14.6 Å². The summed E-state index contributed by atoms with van der Waals surface area (Å²) in [5, 5.41) is -5.05. The minimum atomic E-state index is -4.57. The summed E-state index contributed by atoms with van der Waals surface area (Å²) >= 11 is 0. The molecule has 0 atom stereocenters. The van der Waals surface area contributed by atoms with Crippen LogP contribution in [0, 0.1) is 13.8 Å². The third-order valence-corrected chi connectivity index (χ3v) is 6.66. The Morgan fingerprint density at radius 2 is 1.58 bits per heavy atom. The average molecular weight is 497 g/mol. The number of rotatable bonds is 4. The van der Waals surface area contributed by atoms with Gasteiger partial charge in [0.2, 0.25) is 0 Å². The molecule has 17 heteroatoms. The van der Waals surface area contributed by atoms with Crippen LogP contribution in [0.25, 0.3) is 5.65 Å². The summed E-state index contributed by atoms with van der Waals surface area (Å²) in [4.78, 5) is 17.1. The molecule has 1 aliphatic heterocycles. The Hall–Kier alpha value is -2.42. The molecule has 0 spiro atoms. The van der Waals surface area contributed by atoms with Crippen molar-refractivity contribution in [2.45, 2.75) is 47.9 Å². The SMILES string of the molecule is [B]C1([B])OC([B])([B])C([B])([B])N(c2cc(C)c3nc(C=O)c(Cc4cccc(C(F)(F)F)c4C)n3n2)C1([B])[B]. The van der Waals surface area contributed by atoms with E-state index in [1.165, 1.54) is 29.6 Å². The summed E-state index contributed by atoms with van der Waals surface area (Å²) < 4.78 is 47.0. The van der Waals surface area contributed by atoms with Crippen LogP contribution >= 0.6 is 0 Å². The standard InChI is InChI=1S/C21H13B8F3N4O2/c1-9-6-15(36-18(22,23)20(26,27)38-21(28,29)19(36,24)25)34-35-14(13(8-37)33-16(9)35)7-11-4-3-5-12(10(11)2)17(30,31)32/h3-6,8H,7H2,1-2H3. The number of carbonyl (C=O) groups is 1. The molecule has 0 amide bonds. The molecular weight excluding hydrogens is 484 g/mol. The lowest BCUT2D eigenvalue weighted by atomic mass is 9.30. The molecule has 0 bridgehead atoms. The maximum absolute atomic E-state index is 13.5. The van der Waals surface area contributed by atoms with E-state index in [1.54, 1.807) is 6.92 Å². The van der Waals surface area contributed by atoms with Crippen molar-refractivity contribution < 1.29 is 22.7 Å². The van der Waals surface area contributed by atoms with Crippen molar-refractivity contribution in [3.63, 3.8) is 0 Å². The van der Waals surface area contributed by atoms with Gasteiger partial charge in [-0.05, 0) is 64.1 Å². The summed E-state index contributed by atoms with van der Waals surface area (Å²) in [7, 11) is 48.7. The largest absolute Gasteiger partial charge is 0.416 e. The zero-order valence-electron chi connectivity index (χ0n) is 20.5. The van der Waals surface area contributed by atoms with Gasteiger partial charge in [0.05, 0.1) is 42.6 Å². The third-order valence-electron chi connectivity index (χ3n) is 6.66. The molecule has 38 heavy (non-hydrogen) atoms. The molecule has 6 nitrogen and oxygen atoms in total. The molecule has 0 aliphatic carbocycles. The monoisotopic (exact) mass is 498 g/mol. The molecule has 2 aromatic heterocycles. The van der Waals surface area contributed by atoms with Gasteiger partial charge in [-0.15, -0.1) is 5.10 Å². The number of hydrogen-bond acceptors (Lipinski definition) is 5. The highest BCUT2D eigenvalue weighted by Crippen LogP contribution is 2.42. The first kappa shape index (κ1) is 28.6. The lowest BCUT2D eigenvalue weighted by Gasteiger charge is -2.70. The van der Waals surface area contributed by atoms with Crippen molar-refractivity contribution in [1.29, 1.82) is 0 Å². The number of imidazole rings is 1. The molecule has 3 aromatic rings. The number of aryl methyl sites for hydroxylation is 1. The number of morpholine rings is 1. The van der Waals surface area contributed by atoms with Gasteiger partial charge in [-0.1, -0.05) is 12.1 Å². The van der Waals surface area contributed by atoms with Crippen LogP contribution in [0.2, 0.25) is 0 Å². The number of hydrogen-bond donors (Lipinski definition) is 0. The summed E-state index contributed by atoms with van der Waals surface area (Å²) in [5.74, 6) is -0.147. The first-order valence-corrected chi connectivity index (χ1v) is 11.1. The van der Waals surface area contributed by atoms with Gasteiger partial charge in [0, 0.05) is 6.42 Å². The molecule has 3 heterocycles. The average Bonchev–Trinajstić information content (AvgIpc) is 3.10. The fourth-order valence-electron chi connectivity index (χ4n) is 4.42. The molecule has 1 aliphatic rings. The van der Waals surface area contributed by atoms with Gasteiger partial charge in [0.25, 0.3) is 0 Å². The topological polar surface area (TPSA) is 59.7 Å². The highest BCUT2D eigenvalue weighted by atomic mass is 19.4. The quantitative estimate of drug-likeness (QED) is 0.362. The minimum Gasteiger partial charge on any atom is -0.405 e. The molecule has 16 radical (unpaired) electrons. The number of aromatic nitrogens is 3. The summed E-state index contributed by atoms with van der Waals surface area (Å²) in [6.07, 6.45) is -4.26. The van der Waals surface area contributed by atoms with Gasteiger partial charge in [-0.2, -0.15) is 13.2 Å². The van der Waals surface area contributed by atoms with Crippen molar-refractivity contribution in [2.24, 2.45) is 0 Å². The van der Waals surface area contributed by atoms with Gasteiger partial charge in [0.15, 0.2) is 11.9 Å². The zero-order chi connectivity index (χ0) is 28.6. The number of benzene rings is 1. The van der Waals surface area contributed by atoms with E-state index in [1.807, 2.05) is 0 Å². The van der Waals surface area contributed by atoms with Crippen LogP contribution in [0.15, 0.2) is 24.3 Å². The van der Waals surface area contributed by atoms with Gasteiger partial charge in [-0.3, -0.25) is 4.79 Å². The molecule has 1 saturated heterocycles. The molecule has 0 saturated carbocycles. The third kappa shape index (κ3) is 4.25. The maximum atomic E-state index is 13.5. The van der Waals surface area contributed by atoms with Crippen molar-refractivity contribution in [2.75, 3.05) is 4.90 Å². The normalized spacial score (nSPS) is 19.9. The second-order valence-corrected chi connectivity index (χ2v) is 9.42. The highest BCUT2D eigenvalue weighted by Gasteiger charge is 2.57. The zero-order valence-corrected chi connectivity index (χ0v) is 20.5. The van der Waals surface area contributed by atoms with Crippen LogP contribution < -0.4 is 4.90 Å². The maximum Gasteiger partial charge on any atom is 0.416 e. The first-order valence-electron chi connectivity index (χ1n) is 11.1. The van der Waals surface area contributed by atoms with Crippen LogP contribution in [-0.4, -0.2) is 105 Å². The van der Waals surface area contributed by atoms with Crippen LogP contribution in [0.3, 0.4) is 0 Å².